The molecule has 0 aromatic heterocycles. The quantitative estimate of drug-likeness (QED) is 0.685. The minimum atomic E-state index is -4.31. The monoisotopic (exact) mass is 212 g/mol. The second-order valence-corrected chi connectivity index (χ2v) is 8.77. The normalized spacial score (nSPS) is 13.8. The van der Waals surface area contributed by atoms with Crippen LogP contribution in [0.2, 0.25) is 0 Å². The molecule has 0 heterocycles. The summed E-state index contributed by atoms with van der Waals surface area (Å²) < 4.78 is 20.3. The van der Waals surface area contributed by atoms with Gasteiger partial charge in [-0.1, -0.05) is 0 Å². The molecule has 0 saturated carbocycles. The molecule has 0 aromatic carbocycles. The van der Waals surface area contributed by atoms with Crippen LogP contribution in [0.3, 0.4) is 0 Å². The van der Waals surface area contributed by atoms with Gasteiger partial charge in [0.2, 0.25) is 0 Å². The van der Waals surface area contributed by atoms with Crippen LogP contribution in [0.4, 0.5) is 0 Å². The van der Waals surface area contributed by atoms with Crippen LogP contribution in [0.15, 0.2) is 0 Å². The molecule has 0 saturated heterocycles. The van der Waals surface area contributed by atoms with Crippen molar-refractivity contribution in [1.82, 2.24) is 0 Å². The molecule has 0 aliphatic heterocycles. The zero-order valence-electron chi connectivity index (χ0n) is 4.07. The molecule has 0 radical (unpaired) electrons. The fourth-order valence-electron chi connectivity index (χ4n) is 0.214. The average molecular weight is 213 g/mol. The van der Waals surface area contributed by atoms with Gasteiger partial charge in [0.05, 0.1) is 0 Å². The lowest BCUT2D eigenvalue weighted by atomic mass is 11.9. The van der Waals surface area contributed by atoms with E-state index in [2.05, 4.69) is 0 Å². The molecule has 9 heavy (non-hydrogen) atoms. The molecule has 0 aliphatic carbocycles. The van der Waals surface area contributed by atoms with Crippen molar-refractivity contribution in [2.75, 3.05) is 5.90 Å². The van der Waals surface area contributed by atoms with E-state index in [0.29, 0.717) is 0 Å². The van der Waals surface area contributed by atoms with Crippen molar-refractivity contribution in [3.8, 4) is 0 Å². The van der Waals surface area contributed by atoms with Crippen molar-refractivity contribution < 1.29 is 18.9 Å². The molecule has 0 aromatic rings. The van der Waals surface area contributed by atoms with Crippen molar-refractivity contribution in [3.05, 3.63) is 0 Å². The maximum Gasteiger partial charge on any atom is 0.335 e. The summed E-state index contributed by atoms with van der Waals surface area (Å²) in [6.45, 7) is 0. The Balaban J connectivity index is 4.07. The summed E-state index contributed by atoms with van der Waals surface area (Å²) >= 11 is 9.69. The zero-order chi connectivity index (χ0) is 7.71. The first-order valence-corrected chi connectivity index (χ1v) is 7.24. The van der Waals surface area contributed by atoms with Crippen LogP contribution in [0.5, 0.6) is 0 Å². The Labute approximate surface area is 61.3 Å². The Bertz CT molecular complexity index is 157. The van der Waals surface area contributed by atoms with Crippen molar-refractivity contribution in [2.24, 2.45) is 0 Å². The highest BCUT2D eigenvalue weighted by Gasteiger charge is 2.26. The average Bonchev–Trinajstić information content (AvgIpc) is 1.14. The lowest BCUT2D eigenvalue weighted by molar-refractivity contribution is 0.379. The summed E-state index contributed by atoms with van der Waals surface area (Å²) in [6.07, 6.45) is 0. The third-order valence-corrected chi connectivity index (χ3v) is 5.06. The predicted octanol–water partition coefficient (Wildman–Crippen LogP) is 1.79. The first-order valence-electron chi connectivity index (χ1n) is 1.74. The van der Waals surface area contributed by atoms with Gasteiger partial charge in [-0.25, -0.2) is 0 Å². The third-order valence-electron chi connectivity index (χ3n) is 0.349. The van der Waals surface area contributed by atoms with Gasteiger partial charge in [0.15, 0.2) is 0 Å². The van der Waals surface area contributed by atoms with E-state index < -0.39 is 19.3 Å². The van der Waals surface area contributed by atoms with Crippen LogP contribution in [-0.2, 0) is 9.13 Å². The van der Waals surface area contributed by atoms with Crippen molar-refractivity contribution >= 4 is 35.9 Å². The Morgan fingerprint density at radius 3 is 1.56 bits per heavy atom. The Hall–Kier alpha value is 0.960. The van der Waals surface area contributed by atoms with Crippen molar-refractivity contribution in [2.45, 2.75) is 0 Å². The summed E-state index contributed by atoms with van der Waals surface area (Å²) in [5, 5.41) is 0. The summed E-state index contributed by atoms with van der Waals surface area (Å²) in [4.78, 5) is 16.2. The Morgan fingerprint density at radius 1 is 1.22 bits per heavy atom. The molecule has 0 aliphatic rings. The minimum Gasteiger partial charge on any atom is -0.324 e. The van der Waals surface area contributed by atoms with Crippen LogP contribution in [0, 0.1) is 0 Å². The minimum absolute atomic E-state index is 0.955. The molecule has 4 nitrogen and oxygen atoms in total. The van der Waals surface area contributed by atoms with Crippen LogP contribution < -0.4 is 0 Å². The molecular formula is CH4Cl2O4P2. The highest BCUT2D eigenvalue weighted by molar-refractivity contribution is 8.11. The van der Waals surface area contributed by atoms with E-state index in [0.717, 1.165) is 0 Å². The van der Waals surface area contributed by atoms with E-state index in [-0.39, 0.29) is 0 Å². The van der Waals surface area contributed by atoms with E-state index in [4.69, 9.17) is 32.3 Å². The molecule has 56 valence electrons. The van der Waals surface area contributed by atoms with E-state index >= 15 is 0 Å². The summed E-state index contributed by atoms with van der Waals surface area (Å²) in [7, 11) is -4.31. The van der Waals surface area contributed by atoms with Crippen molar-refractivity contribution in [1.29, 1.82) is 0 Å². The number of hydrogen-bond acceptors (Lipinski definition) is 2. The maximum absolute atomic E-state index is 10.3. The van der Waals surface area contributed by atoms with Gasteiger partial charge in [-0.3, -0.25) is 9.13 Å². The van der Waals surface area contributed by atoms with Crippen LogP contribution in [-0.4, -0.2) is 15.7 Å². The first kappa shape index (κ1) is 9.96. The van der Waals surface area contributed by atoms with Gasteiger partial charge < -0.3 is 9.79 Å². The summed E-state index contributed by atoms with van der Waals surface area (Å²) in [5.41, 5.74) is 0. The largest absolute Gasteiger partial charge is 0.335 e. The standard InChI is InChI=1S/CH4Cl2O4P2/c2-8(3,4)1-9(5,6)7/h1H2,(H2,5,6,7). The second kappa shape index (κ2) is 2.91. The predicted molar refractivity (Wildman–Crippen MR) is 36.2 cm³/mol. The fraction of sp³-hybridized carbons (Fsp3) is 1.00. The summed E-state index contributed by atoms with van der Waals surface area (Å²) in [6, 6.07) is 0. The third kappa shape index (κ3) is 8.96. The molecule has 0 fully saturated rings. The Morgan fingerprint density at radius 2 is 1.56 bits per heavy atom. The van der Waals surface area contributed by atoms with E-state index in [1.807, 2.05) is 0 Å². The lowest BCUT2D eigenvalue weighted by Gasteiger charge is -2.02. The van der Waals surface area contributed by atoms with Crippen LogP contribution >= 0.6 is 35.9 Å². The number of rotatable bonds is 2. The summed E-state index contributed by atoms with van der Waals surface area (Å²) in [5.74, 6) is -4.56. The van der Waals surface area contributed by atoms with Crippen LogP contribution in [0.25, 0.3) is 0 Å². The highest BCUT2D eigenvalue weighted by atomic mass is 35.9. The topological polar surface area (TPSA) is 74.6 Å². The highest BCUT2D eigenvalue weighted by Crippen LogP contribution is 2.64. The number of hydrogen-bond donors (Lipinski definition) is 2. The molecule has 0 bridgehead atoms. The molecule has 8 heteroatoms. The van der Waals surface area contributed by atoms with Gasteiger partial charge in [-0.05, 0) is 22.5 Å². The first-order chi connectivity index (χ1) is 3.71. The van der Waals surface area contributed by atoms with Gasteiger partial charge in [0.25, 0.3) is 5.85 Å². The van der Waals surface area contributed by atoms with Gasteiger partial charge >= 0.3 is 7.60 Å². The van der Waals surface area contributed by atoms with E-state index in [1.165, 1.54) is 0 Å². The second-order valence-electron chi connectivity index (χ2n) is 1.38. The number of halogens is 2. The van der Waals surface area contributed by atoms with Crippen molar-refractivity contribution in [3.63, 3.8) is 0 Å². The molecule has 0 spiro atoms. The molecule has 2 N–H and O–H groups in total. The zero-order valence-corrected chi connectivity index (χ0v) is 7.37. The van der Waals surface area contributed by atoms with Gasteiger partial charge in [-0.2, -0.15) is 0 Å². The molecule has 0 unspecified atom stereocenters. The Kier molecular flexibility index (Phi) is 3.22. The molecule has 0 atom stereocenters. The molecule has 0 rings (SSSR count). The van der Waals surface area contributed by atoms with Gasteiger partial charge in [-0.15, -0.1) is 0 Å². The van der Waals surface area contributed by atoms with Gasteiger partial charge in [0.1, 0.15) is 5.90 Å². The SMILES string of the molecule is O=P(O)(O)CP(=O)(Cl)Cl. The van der Waals surface area contributed by atoms with Crippen LogP contribution in [0.1, 0.15) is 0 Å². The lowest BCUT2D eigenvalue weighted by Crippen LogP contribution is -1.80. The van der Waals surface area contributed by atoms with Gasteiger partial charge in [0, 0.05) is 0 Å². The molecular weight excluding hydrogens is 209 g/mol. The maximum atomic E-state index is 10.3. The fourth-order valence-corrected chi connectivity index (χ4v) is 4.44. The van der Waals surface area contributed by atoms with E-state index in [1.54, 1.807) is 0 Å². The molecule has 0 amide bonds. The smallest absolute Gasteiger partial charge is 0.324 e. The van der Waals surface area contributed by atoms with E-state index in [9.17, 15) is 9.13 Å².